The van der Waals surface area contributed by atoms with E-state index in [1.165, 1.54) is 6.33 Å². The largest absolute Gasteiger partial charge is 0.469 e. The van der Waals surface area contributed by atoms with Crippen LogP contribution in [-0.4, -0.2) is 9.97 Å². The van der Waals surface area contributed by atoms with Gasteiger partial charge in [0.1, 0.15) is 23.7 Å². The Morgan fingerprint density at radius 2 is 1.93 bits per heavy atom. The fourth-order valence-electron chi connectivity index (χ4n) is 1.21. The van der Waals surface area contributed by atoms with Crippen molar-refractivity contribution in [2.24, 2.45) is 0 Å². The summed E-state index contributed by atoms with van der Waals surface area (Å²) in [6.07, 6.45) is 3.47. The highest BCUT2D eigenvalue weighted by Gasteiger charge is 2.08. The first-order valence-electron chi connectivity index (χ1n) is 4.14. The van der Waals surface area contributed by atoms with Crippen LogP contribution in [-0.2, 0) is 6.42 Å². The lowest BCUT2D eigenvalue weighted by Gasteiger charge is -2.04. The van der Waals surface area contributed by atoms with Gasteiger partial charge in [0.15, 0.2) is 0 Å². The lowest BCUT2D eigenvalue weighted by atomic mass is 10.1. The van der Waals surface area contributed by atoms with Gasteiger partial charge in [0.2, 0.25) is 0 Å². The maximum atomic E-state index is 5.67. The van der Waals surface area contributed by atoms with Crippen molar-refractivity contribution in [2.75, 3.05) is 11.5 Å². The van der Waals surface area contributed by atoms with Crippen molar-refractivity contribution in [3.8, 4) is 0 Å². The van der Waals surface area contributed by atoms with E-state index in [9.17, 15) is 0 Å². The molecule has 0 bridgehead atoms. The summed E-state index contributed by atoms with van der Waals surface area (Å²) in [6, 6.07) is 3.66. The molecule has 0 amide bonds. The zero-order valence-corrected chi connectivity index (χ0v) is 7.47. The van der Waals surface area contributed by atoms with Crippen LogP contribution in [0.3, 0.4) is 0 Å². The molecule has 2 aromatic rings. The van der Waals surface area contributed by atoms with Crippen LogP contribution in [0.2, 0.25) is 0 Å². The highest BCUT2D eigenvalue weighted by Crippen LogP contribution is 2.18. The fourth-order valence-corrected chi connectivity index (χ4v) is 1.21. The van der Waals surface area contributed by atoms with Gasteiger partial charge < -0.3 is 15.9 Å². The number of rotatable bonds is 2. The van der Waals surface area contributed by atoms with Gasteiger partial charge in [-0.05, 0) is 12.1 Å². The molecule has 0 aliphatic rings. The number of furan rings is 1. The summed E-state index contributed by atoms with van der Waals surface area (Å²) >= 11 is 0. The minimum absolute atomic E-state index is 0.397. The van der Waals surface area contributed by atoms with E-state index in [2.05, 4.69) is 9.97 Å². The fraction of sp³-hybridized carbons (Fsp3) is 0.111. The Bertz CT molecular complexity index is 404. The molecule has 2 heterocycles. The van der Waals surface area contributed by atoms with E-state index in [1.807, 2.05) is 12.1 Å². The van der Waals surface area contributed by atoms with Gasteiger partial charge in [-0.2, -0.15) is 0 Å². The molecule has 0 saturated carbocycles. The molecule has 0 aliphatic heterocycles. The number of hydrogen-bond donors (Lipinski definition) is 2. The van der Waals surface area contributed by atoms with E-state index in [0.717, 1.165) is 5.76 Å². The molecule has 4 N–H and O–H groups in total. The summed E-state index contributed by atoms with van der Waals surface area (Å²) in [4.78, 5) is 7.73. The van der Waals surface area contributed by atoms with E-state index in [0.29, 0.717) is 23.6 Å². The highest BCUT2D eigenvalue weighted by atomic mass is 16.3. The third-order valence-corrected chi connectivity index (χ3v) is 1.94. The highest BCUT2D eigenvalue weighted by molar-refractivity contribution is 5.53. The van der Waals surface area contributed by atoms with E-state index in [4.69, 9.17) is 15.9 Å². The van der Waals surface area contributed by atoms with Gasteiger partial charge in [-0.25, -0.2) is 9.97 Å². The quantitative estimate of drug-likeness (QED) is 0.731. The molecule has 0 aromatic carbocycles. The second-order valence-electron chi connectivity index (χ2n) is 2.88. The summed E-state index contributed by atoms with van der Waals surface area (Å²) in [5, 5.41) is 0. The molecule has 0 radical (unpaired) electrons. The maximum Gasteiger partial charge on any atom is 0.132 e. The molecule has 0 unspecified atom stereocenters. The number of nitrogen functional groups attached to an aromatic ring is 2. The average molecular weight is 190 g/mol. The predicted octanol–water partition coefficient (Wildman–Crippen LogP) is 0.825. The lowest BCUT2D eigenvalue weighted by molar-refractivity contribution is 0.521. The summed E-state index contributed by atoms with van der Waals surface area (Å²) in [7, 11) is 0. The Morgan fingerprint density at radius 3 is 2.50 bits per heavy atom. The zero-order chi connectivity index (χ0) is 9.97. The minimum atomic E-state index is 0.397. The summed E-state index contributed by atoms with van der Waals surface area (Å²) in [5.41, 5.74) is 12.0. The van der Waals surface area contributed by atoms with E-state index >= 15 is 0 Å². The first kappa shape index (κ1) is 8.55. The van der Waals surface area contributed by atoms with Crippen molar-refractivity contribution in [1.29, 1.82) is 0 Å². The molecule has 5 heteroatoms. The normalized spacial score (nSPS) is 10.3. The van der Waals surface area contributed by atoms with Gasteiger partial charge in [-0.1, -0.05) is 0 Å². The molecule has 0 saturated heterocycles. The van der Waals surface area contributed by atoms with Crippen LogP contribution in [0.4, 0.5) is 11.6 Å². The lowest BCUT2D eigenvalue weighted by Crippen LogP contribution is -2.05. The van der Waals surface area contributed by atoms with Gasteiger partial charge in [0, 0.05) is 12.0 Å². The molecule has 0 fully saturated rings. The Labute approximate surface area is 80.8 Å². The van der Waals surface area contributed by atoms with Crippen molar-refractivity contribution in [2.45, 2.75) is 6.42 Å². The zero-order valence-electron chi connectivity index (χ0n) is 7.47. The van der Waals surface area contributed by atoms with E-state index in [1.54, 1.807) is 6.26 Å². The van der Waals surface area contributed by atoms with Gasteiger partial charge in [0.05, 0.1) is 6.26 Å². The van der Waals surface area contributed by atoms with Crippen molar-refractivity contribution in [3.63, 3.8) is 0 Å². The van der Waals surface area contributed by atoms with Gasteiger partial charge in [0.25, 0.3) is 0 Å². The number of anilines is 2. The van der Waals surface area contributed by atoms with Crippen LogP contribution < -0.4 is 11.5 Å². The Kier molecular flexibility index (Phi) is 2.06. The molecule has 2 aromatic heterocycles. The molecule has 72 valence electrons. The number of nitrogens with two attached hydrogens (primary N) is 2. The topological polar surface area (TPSA) is 91.0 Å². The molecule has 2 rings (SSSR count). The second-order valence-corrected chi connectivity index (χ2v) is 2.88. The number of aromatic nitrogens is 2. The first-order valence-corrected chi connectivity index (χ1v) is 4.14. The first-order chi connectivity index (χ1) is 6.77. The molecule has 0 aliphatic carbocycles. The summed E-state index contributed by atoms with van der Waals surface area (Å²) in [5.74, 6) is 1.58. The summed E-state index contributed by atoms with van der Waals surface area (Å²) in [6.45, 7) is 0. The average Bonchev–Trinajstić information content (AvgIpc) is 2.64. The van der Waals surface area contributed by atoms with Crippen LogP contribution in [0.15, 0.2) is 29.1 Å². The SMILES string of the molecule is Nc1ncnc(N)c1Cc1ccco1. The van der Waals surface area contributed by atoms with Crippen LogP contribution in [0, 0.1) is 0 Å². The molecule has 0 atom stereocenters. The molecule has 5 nitrogen and oxygen atoms in total. The monoisotopic (exact) mass is 190 g/mol. The Balaban J connectivity index is 2.33. The Morgan fingerprint density at radius 1 is 1.21 bits per heavy atom. The van der Waals surface area contributed by atoms with Crippen LogP contribution in [0.25, 0.3) is 0 Å². The molecular formula is C9H10N4O. The van der Waals surface area contributed by atoms with E-state index < -0.39 is 0 Å². The van der Waals surface area contributed by atoms with Crippen molar-refractivity contribution < 1.29 is 4.42 Å². The number of hydrogen-bond acceptors (Lipinski definition) is 5. The predicted molar refractivity (Wildman–Crippen MR) is 52.4 cm³/mol. The van der Waals surface area contributed by atoms with Gasteiger partial charge in [-0.15, -0.1) is 0 Å². The minimum Gasteiger partial charge on any atom is -0.469 e. The molecule has 14 heavy (non-hydrogen) atoms. The number of nitrogens with zero attached hydrogens (tertiary/aromatic N) is 2. The molecular weight excluding hydrogens is 180 g/mol. The summed E-state index contributed by atoms with van der Waals surface area (Å²) < 4.78 is 5.18. The van der Waals surface area contributed by atoms with Crippen molar-refractivity contribution >= 4 is 11.6 Å². The van der Waals surface area contributed by atoms with Crippen molar-refractivity contribution in [3.05, 3.63) is 36.0 Å². The Hall–Kier alpha value is -2.04. The maximum absolute atomic E-state index is 5.67. The second kappa shape index (κ2) is 3.37. The van der Waals surface area contributed by atoms with Gasteiger partial charge >= 0.3 is 0 Å². The van der Waals surface area contributed by atoms with Gasteiger partial charge in [-0.3, -0.25) is 0 Å². The third-order valence-electron chi connectivity index (χ3n) is 1.94. The smallest absolute Gasteiger partial charge is 0.132 e. The van der Waals surface area contributed by atoms with Crippen LogP contribution in [0.1, 0.15) is 11.3 Å². The van der Waals surface area contributed by atoms with Crippen LogP contribution in [0.5, 0.6) is 0 Å². The standard InChI is InChI=1S/C9H10N4O/c10-8-7(9(11)13-5-12-8)4-6-2-1-3-14-6/h1-3,5H,4H2,(H4,10,11,12,13). The van der Waals surface area contributed by atoms with E-state index in [-0.39, 0.29) is 0 Å². The third kappa shape index (κ3) is 1.52. The molecule has 0 spiro atoms. The van der Waals surface area contributed by atoms with Crippen LogP contribution >= 0.6 is 0 Å². The van der Waals surface area contributed by atoms with Crippen molar-refractivity contribution in [1.82, 2.24) is 9.97 Å².